The number of hydrogen-bond acceptors (Lipinski definition) is 5. The summed E-state index contributed by atoms with van der Waals surface area (Å²) in [5.74, 6) is 0. The van der Waals surface area contributed by atoms with E-state index in [-0.39, 0.29) is 5.56 Å². The number of nitrogens with zero attached hydrogens (tertiary/aromatic N) is 2. The van der Waals surface area contributed by atoms with Crippen LogP contribution in [0.4, 0.5) is 0 Å². The Hall–Kier alpha value is -1.50. The average Bonchev–Trinajstić information content (AvgIpc) is 3.11. The lowest BCUT2D eigenvalue weighted by Crippen LogP contribution is -2.28. The predicted molar refractivity (Wildman–Crippen MR) is 84.8 cm³/mol. The first-order chi connectivity index (χ1) is 9.84. The van der Waals surface area contributed by atoms with Crippen molar-refractivity contribution in [2.24, 2.45) is 0 Å². The minimum Gasteiger partial charge on any atom is -0.315 e. The van der Waals surface area contributed by atoms with Crippen molar-refractivity contribution in [1.29, 1.82) is 0 Å². The number of thiophene rings is 2. The van der Waals surface area contributed by atoms with Gasteiger partial charge in [-0.25, -0.2) is 4.98 Å². The zero-order valence-corrected chi connectivity index (χ0v) is 12.5. The quantitative estimate of drug-likeness (QED) is 0.711. The maximum Gasteiger partial charge on any atom is 0.262 e. The Labute approximate surface area is 124 Å². The summed E-state index contributed by atoms with van der Waals surface area (Å²) in [6, 6.07) is 3.99. The first-order valence-corrected chi connectivity index (χ1v) is 8.31. The fourth-order valence-corrected chi connectivity index (χ4v) is 3.47. The van der Waals surface area contributed by atoms with E-state index in [1.165, 1.54) is 16.9 Å². The highest BCUT2D eigenvalue weighted by molar-refractivity contribution is 7.16. The largest absolute Gasteiger partial charge is 0.315 e. The lowest BCUT2D eigenvalue weighted by Gasteiger charge is -2.06. The molecular formula is C14H15N3OS2. The van der Waals surface area contributed by atoms with Crippen LogP contribution in [-0.4, -0.2) is 22.6 Å². The second-order valence-corrected chi connectivity index (χ2v) is 6.19. The molecule has 0 saturated heterocycles. The van der Waals surface area contributed by atoms with Crippen LogP contribution < -0.4 is 10.9 Å². The van der Waals surface area contributed by atoms with Gasteiger partial charge in [0.25, 0.3) is 5.56 Å². The van der Waals surface area contributed by atoms with E-state index in [9.17, 15) is 4.79 Å². The highest BCUT2D eigenvalue weighted by atomic mass is 32.1. The fraction of sp³-hybridized carbons (Fsp3) is 0.286. The lowest BCUT2D eigenvalue weighted by atomic mass is 10.2. The molecule has 6 heteroatoms. The van der Waals surface area contributed by atoms with Crippen molar-refractivity contribution >= 4 is 32.9 Å². The molecule has 3 heterocycles. The summed E-state index contributed by atoms with van der Waals surface area (Å²) >= 11 is 3.23. The molecule has 0 atom stereocenters. The first kappa shape index (κ1) is 13.5. The minimum absolute atomic E-state index is 0.0517. The molecule has 0 aromatic carbocycles. The van der Waals surface area contributed by atoms with E-state index in [0.29, 0.717) is 6.54 Å². The van der Waals surface area contributed by atoms with Gasteiger partial charge in [-0.05, 0) is 46.8 Å². The standard InChI is InChI=1S/C14H15N3OS2/c18-14-12-3-8-20-13(12)16-10-17(14)6-5-15-4-1-11-2-7-19-9-11/h2-3,7-10,15H,1,4-6H2. The smallest absolute Gasteiger partial charge is 0.262 e. The highest BCUT2D eigenvalue weighted by Gasteiger charge is 2.04. The van der Waals surface area contributed by atoms with Gasteiger partial charge >= 0.3 is 0 Å². The van der Waals surface area contributed by atoms with Gasteiger partial charge in [0, 0.05) is 13.1 Å². The van der Waals surface area contributed by atoms with Crippen molar-refractivity contribution in [3.63, 3.8) is 0 Å². The van der Waals surface area contributed by atoms with Gasteiger partial charge in [0.05, 0.1) is 11.7 Å². The Bertz CT molecular complexity index is 730. The van der Waals surface area contributed by atoms with Gasteiger partial charge in [-0.2, -0.15) is 11.3 Å². The molecule has 0 bridgehead atoms. The molecule has 0 fully saturated rings. The Kier molecular flexibility index (Phi) is 4.25. The summed E-state index contributed by atoms with van der Waals surface area (Å²) in [4.78, 5) is 17.3. The Balaban J connectivity index is 1.52. The third-order valence-electron chi connectivity index (χ3n) is 3.15. The van der Waals surface area contributed by atoms with Crippen LogP contribution in [0, 0.1) is 0 Å². The van der Waals surface area contributed by atoms with Gasteiger partial charge in [0.15, 0.2) is 0 Å². The molecule has 104 valence electrons. The third kappa shape index (κ3) is 2.98. The molecule has 0 amide bonds. The summed E-state index contributed by atoms with van der Waals surface area (Å²) in [6.45, 7) is 2.36. The van der Waals surface area contributed by atoms with Crippen molar-refractivity contribution in [1.82, 2.24) is 14.9 Å². The number of nitrogens with one attached hydrogen (secondary N) is 1. The monoisotopic (exact) mass is 305 g/mol. The first-order valence-electron chi connectivity index (χ1n) is 6.49. The minimum atomic E-state index is 0.0517. The lowest BCUT2D eigenvalue weighted by molar-refractivity contribution is 0.583. The van der Waals surface area contributed by atoms with Crippen molar-refractivity contribution < 1.29 is 0 Å². The number of aromatic nitrogens is 2. The van der Waals surface area contributed by atoms with Crippen LogP contribution in [0.2, 0.25) is 0 Å². The molecule has 0 spiro atoms. The zero-order valence-electron chi connectivity index (χ0n) is 10.9. The van der Waals surface area contributed by atoms with E-state index in [4.69, 9.17) is 0 Å². The fourth-order valence-electron chi connectivity index (χ4n) is 2.04. The molecule has 0 saturated carbocycles. The van der Waals surface area contributed by atoms with E-state index in [1.807, 2.05) is 11.4 Å². The molecule has 0 unspecified atom stereocenters. The van der Waals surface area contributed by atoms with E-state index in [2.05, 4.69) is 27.1 Å². The van der Waals surface area contributed by atoms with Gasteiger partial charge in [-0.3, -0.25) is 9.36 Å². The van der Waals surface area contributed by atoms with Gasteiger partial charge in [-0.1, -0.05) is 0 Å². The highest BCUT2D eigenvalue weighted by Crippen LogP contribution is 2.13. The van der Waals surface area contributed by atoms with Crippen molar-refractivity contribution in [2.45, 2.75) is 13.0 Å². The van der Waals surface area contributed by atoms with Gasteiger partial charge in [0.2, 0.25) is 0 Å². The van der Waals surface area contributed by atoms with E-state index in [1.54, 1.807) is 22.2 Å². The molecule has 3 aromatic heterocycles. The second kappa shape index (κ2) is 6.30. The van der Waals surface area contributed by atoms with Crippen LogP contribution in [0.1, 0.15) is 5.56 Å². The molecule has 0 aliphatic rings. The predicted octanol–water partition coefficient (Wildman–Crippen LogP) is 2.35. The maximum atomic E-state index is 12.1. The molecule has 0 aliphatic carbocycles. The summed E-state index contributed by atoms with van der Waals surface area (Å²) in [7, 11) is 0. The van der Waals surface area contributed by atoms with Crippen molar-refractivity contribution in [3.05, 3.63) is 50.5 Å². The summed E-state index contributed by atoms with van der Waals surface area (Å²) in [6.07, 6.45) is 2.67. The normalized spacial score (nSPS) is 11.2. The Morgan fingerprint density at radius 1 is 1.25 bits per heavy atom. The molecular weight excluding hydrogens is 290 g/mol. The van der Waals surface area contributed by atoms with E-state index < -0.39 is 0 Å². The molecule has 1 N–H and O–H groups in total. The number of hydrogen-bond donors (Lipinski definition) is 1. The number of rotatable bonds is 6. The van der Waals surface area contributed by atoms with Gasteiger partial charge < -0.3 is 5.32 Å². The molecule has 4 nitrogen and oxygen atoms in total. The number of fused-ring (bicyclic) bond motifs is 1. The maximum absolute atomic E-state index is 12.1. The van der Waals surface area contributed by atoms with Crippen molar-refractivity contribution in [3.8, 4) is 0 Å². The third-order valence-corrected chi connectivity index (χ3v) is 4.70. The van der Waals surface area contributed by atoms with Gasteiger partial charge in [-0.15, -0.1) is 11.3 Å². The molecule has 3 rings (SSSR count). The van der Waals surface area contributed by atoms with Crippen LogP contribution in [0.25, 0.3) is 10.2 Å². The van der Waals surface area contributed by atoms with Crippen LogP contribution >= 0.6 is 22.7 Å². The van der Waals surface area contributed by atoms with Crippen LogP contribution in [-0.2, 0) is 13.0 Å². The zero-order chi connectivity index (χ0) is 13.8. The SMILES string of the molecule is O=c1c2ccsc2ncn1CCNCCc1ccsc1. The summed E-state index contributed by atoms with van der Waals surface area (Å²) in [5.41, 5.74) is 1.41. The summed E-state index contributed by atoms with van der Waals surface area (Å²) < 4.78 is 1.67. The van der Waals surface area contributed by atoms with E-state index >= 15 is 0 Å². The van der Waals surface area contributed by atoms with Crippen LogP contribution in [0.15, 0.2) is 39.4 Å². The van der Waals surface area contributed by atoms with Crippen LogP contribution in [0.5, 0.6) is 0 Å². The molecule has 3 aromatic rings. The molecule has 20 heavy (non-hydrogen) atoms. The molecule has 0 aliphatic heterocycles. The topological polar surface area (TPSA) is 46.9 Å². The van der Waals surface area contributed by atoms with Gasteiger partial charge in [0.1, 0.15) is 4.83 Å². The Morgan fingerprint density at radius 3 is 3.05 bits per heavy atom. The average molecular weight is 305 g/mol. The second-order valence-electron chi connectivity index (χ2n) is 4.51. The van der Waals surface area contributed by atoms with E-state index in [0.717, 1.165) is 29.7 Å². The summed E-state index contributed by atoms with van der Waals surface area (Å²) in [5, 5.41) is 10.2. The van der Waals surface area contributed by atoms with Crippen LogP contribution in [0.3, 0.4) is 0 Å². The Morgan fingerprint density at radius 2 is 2.20 bits per heavy atom. The van der Waals surface area contributed by atoms with Crippen molar-refractivity contribution in [2.75, 3.05) is 13.1 Å². The molecule has 0 radical (unpaired) electrons.